The molecular formula is C3H5KN4S. The van der Waals surface area contributed by atoms with Gasteiger partial charge < -0.3 is 18.5 Å². The molecule has 0 saturated carbocycles. The molecule has 0 radical (unpaired) electrons. The number of nitrogen functional groups attached to an aromatic ring is 1. The molecular weight excluding hydrogens is 163 g/mol. The van der Waals surface area contributed by atoms with Gasteiger partial charge in [-0.2, -0.15) is 5.10 Å². The van der Waals surface area contributed by atoms with Crippen molar-refractivity contribution in [2.24, 2.45) is 0 Å². The van der Waals surface area contributed by atoms with Crippen molar-refractivity contribution in [2.45, 2.75) is 12.1 Å². The van der Waals surface area contributed by atoms with E-state index in [2.05, 4.69) is 22.8 Å². The zero-order chi connectivity index (χ0) is 6.15. The number of hydrogen-bond acceptors (Lipinski definition) is 4. The maximum Gasteiger partial charge on any atom is 1.00 e. The molecule has 1 heterocycles. The van der Waals surface area contributed by atoms with Crippen LogP contribution in [0.2, 0.25) is 0 Å². The fourth-order valence-electron chi connectivity index (χ4n) is 0.350. The Kier molecular flexibility index (Phi) is 4.18. The monoisotopic (exact) mass is 168 g/mol. The third-order valence-corrected chi connectivity index (χ3v) is 1.11. The van der Waals surface area contributed by atoms with Gasteiger partial charge in [-0.3, -0.25) is 4.68 Å². The summed E-state index contributed by atoms with van der Waals surface area (Å²) in [6.45, 7) is 1.74. The summed E-state index contributed by atoms with van der Waals surface area (Å²) in [5.74, 6) is 5.92. The molecule has 0 fully saturated rings. The van der Waals surface area contributed by atoms with Gasteiger partial charge in [-0.05, 0) is 6.92 Å². The summed E-state index contributed by atoms with van der Waals surface area (Å²) in [5, 5.41) is 7.44. The van der Waals surface area contributed by atoms with Crippen LogP contribution in [-0.4, -0.2) is 14.9 Å². The van der Waals surface area contributed by atoms with Crippen LogP contribution in [0.4, 0.5) is 0 Å². The van der Waals surface area contributed by atoms with E-state index in [0.29, 0.717) is 11.0 Å². The molecule has 2 N–H and O–H groups in total. The molecule has 0 amide bonds. The summed E-state index contributed by atoms with van der Waals surface area (Å²) in [6.07, 6.45) is 0. The van der Waals surface area contributed by atoms with Crippen LogP contribution in [0, 0.1) is 6.92 Å². The van der Waals surface area contributed by atoms with Gasteiger partial charge in [0.15, 0.2) is 0 Å². The summed E-state index contributed by atoms with van der Waals surface area (Å²) in [4.78, 5) is 0. The number of hydrogen-bond donors (Lipinski definition) is 1. The normalized spacial score (nSPS) is 8.56. The Hall–Kier alpha value is 0.796. The largest absolute Gasteiger partial charge is 1.00 e. The molecule has 0 saturated heterocycles. The average Bonchev–Trinajstić information content (AvgIpc) is 1.98. The Bertz CT molecular complexity index is 178. The van der Waals surface area contributed by atoms with Gasteiger partial charge in [-0.15, -0.1) is 5.10 Å². The summed E-state index contributed by atoms with van der Waals surface area (Å²) >= 11 is 4.64. The maximum absolute atomic E-state index is 5.29. The van der Waals surface area contributed by atoms with E-state index in [1.165, 1.54) is 4.68 Å². The first kappa shape index (κ1) is 9.80. The maximum atomic E-state index is 5.29. The number of aryl methyl sites for hydroxylation is 1. The topological polar surface area (TPSA) is 56.7 Å². The second-order valence-electron chi connectivity index (χ2n) is 1.40. The van der Waals surface area contributed by atoms with Gasteiger partial charge in [0.2, 0.25) is 0 Å². The minimum atomic E-state index is 0. The van der Waals surface area contributed by atoms with Gasteiger partial charge in [-0.25, -0.2) is 0 Å². The third-order valence-electron chi connectivity index (χ3n) is 0.835. The van der Waals surface area contributed by atoms with Crippen molar-refractivity contribution in [2.75, 3.05) is 5.84 Å². The van der Waals surface area contributed by atoms with Gasteiger partial charge in [0, 0.05) is 5.16 Å². The fourth-order valence-corrected chi connectivity index (χ4v) is 0.523. The van der Waals surface area contributed by atoms with Crippen LogP contribution >= 0.6 is 0 Å². The molecule has 0 atom stereocenters. The molecule has 0 aromatic carbocycles. The minimum Gasteiger partial charge on any atom is -0.738 e. The molecule has 1 aromatic rings. The molecule has 44 valence electrons. The van der Waals surface area contributed by atoms with E-state index in [4.69, 9.17) is 5.84 Å². The van der Waals surface area contributed by atoms with E-state index in [9.17, 15) is 0 Å². The molecule has 0 aliphatic rings. The van der Waals surface area contributed by atoms with Crippen LogP contribution in [0.5, 0.6) is 0 Å². The standard InChI is InChI=1S/C3H6N4S.K/c1-2-5-6-3(8)7(2)4;/h4H2,1H3,(H,6,8);/q;+1/p-1. The smallest absolute Gasteiger partial charge is 0.738 e. The van der Waals surface area contributed by atoms with Crippen LogP contribution in [0.1, 0.15) is 5.82 Å². The van der Waals surface area contributed by atoms with Gasteiger partial charge >= 0.3 is 51.4 Å². The third kappa shape index (κ3) is 2.13. The van der Waals surface area contributed by atoms with Crippen LogP contribution < -0.4 is 57.2 Å². The Morgan fingerprint density at radius 2 is 2.11 bits per heavy atom. The van der Waals surface area contributed by atoms with Crippen molar-refractivity contribution in [1.29, 1.82) is 0 Å². The summed E-state index contributed by atoms with van der Waals surface area (Å²) in [5.41, 5.74) is 0. The molecule has 0 aliphatic heterocycles. The van der Waals surface area contributed by atoms with Gasteiger partial charge in [-0.1, -0.05) is 0 Å². The molecule has 1 rings (SSSR count). The van der Waals surface area contributed by atoms with Gasteiger partial charge in [0.25, 0.3) is 0 Å². The Morgan fingerprint density at radius 3 is 2.22 bits per heavy atom. The molecule has 4 nitrogen and oxygen atoms in total. The van der Waals surface area contributed by atoms with E-state index in [0.717, 1.165) is 0 Å². The molecule has 6 heteroatoms. The first-order valence-corrected chi connectivity index (χ1v) is 2.46. The fraction of sp³-hybridized carbons (Fsp3) is 0.333. The number of aromatic nitrogens is 3. The Morgan fingerprint density at radius 1 is 1.56 bits per heavy atom. The first-order chi connectivity index (χ1) is 3.72. The van der Waals surface area contributed by atoms with E-state index in [1.807, 2.05) is 0 Å². The summed E-state index contributed by atoms with van der Waals surface area (Å²) in [6, 6.07) is 0. The average molecular weight is 168 g/mol. The minimum absolute atomic E-state index is 0. The van der Waals surface area contributed by atoms with Gasteiger partial charge in [0.1, 0.15) is 5.82 Å². The second kappa shape index (κ2) is 3.84. The van der Waals surface area contributed by atoms with Crippen molar-refractivity contribution in [3.63, 3.8) is 0 Å². The van der Waals surface area contributed by atoms with Crippen molar-refractivity contribution < 1.29 is 51.4 Å². The summed E-state index contributed by atoms with van der Waals surface area (Å²) < 4.78 is 1.26. The quantitative estimate of drug-likeness (QED) is 0.245. The van der Waals surface area contributed by atoms with Crippen molar-refractivity contribution in [1.82, 2.24) is 14.9 Å². The van der Waals surface area contributed by atoms with E-state index < -0.39 is 0 Å². The molecule has 0 bridgehead atoms. The number of rotatable bonds is 0. The van der Waals surface area contributed by atoms with Crippen LogP contribution in [0.25, 0.3) is 0 Å². The Labute approximate surface area is 101 Å². The molecule has 0 unspecified atom stereocenters. The zero-order valence-corrected chi connectivity index (χ0v) is 9.27. The van der Waals surface area contributed by atoms with Crippen molar-refractivity contribution >= 4 is 12.6 Å². The van der Waals surface area contributed by atoms with Gasteiger partial charge in [0.05, 0.1) is 0 Å². The SMILES string of the molecule is Cc1nnc([S-])n1N.[K+]. The first-order valence-electron chi connectivity index (χ1n) is 2.06. The molecule has 1 aromatic heterocycles. The van der Waals surface area contributed by atoms with E-state index >= 15 is 0 Å². The second-order valence-corrected chi connectivity index (χ2v) is 1.76. The van der Waals surface area contributed by atoms with E-state index in [-0.39, 0.29) is 51.4 Å². The van der Waals surface area contributed by atoms with Crippen LogP contribution in [-0.2, 0) is 12.6 Å². The van der Waals surface area contributed by atoms with Crippen molar-refractivity contribution in [3.8, 4) is 0 Å². The van der Waals surface area contributed by atoms with E-state index in [1.54, 1.807) is 6.92 Å². The predicted octanol–water partition coefficient (Wildman–Crippen LogP) is -3.79. The molecule has 9 heavy (non-hydrogen) atoms. The predicted molar refractivity (Wildman–Crippen MR) is 30.5 cm³/mol. The number of nitrogens with zero attached hydrogens (tertiary/aromatic N) is 3. The van der Waals surface area contributed by atoms with Crippen LogP contribution in [0.15, 0.2) is 5.16 Å². The molecule has 0 aliphatic carbocycles. The summed E-state index contributed by atoms with van der Waals surface area (Å²) in [7, 11) is 0. The van der Waals surface area contributed by atoms with Crippen LogP contribution in [0.3, 0.4) is 0 Å². The molecule has 0 spiro atoms. The van der Waals surface area contributed by atoms with Crippen molar-refractivity contribution in [3.05, 3.63) is 5.82 Å². The number of nitrogens with two attached hydrogens (primary N) is 1. The Balaban J connectivity index is 0.000000640. The zero-order valence-electron chi connectivity index (χ0n) is 5.33.